The monoisotopic (exact) mass is 574 g/mol. The van der Waals surface area contributed by atoms with Crippen LogP contribution in [-0.2, 0) is 23.9 Å². The van der Waals surface area contributed by atoms with Crippen molar-refractivity contribution in [3.8, 4) is 0 Å². The average molecular weight is 577 g/mol. The number of nitrogens with zero attached hydrogens (tertiary/aromatic N) is 1. The summed E-state index contributed by atoms with van der Waals surface area (Å²) < 4.78 is 4.99. The molecule has 0 spiro atoms. The Bertz CT molecular complexity index is 926. The number of hydrogen-bond acceptors (Lipinski definition) is 5. The van der Waals surface area contributed by atoms with Crippen molar-refractivity contribution in [2.45, 2.75) is 29.4 Å². The summed E-state index contributed by atoms with van der Waals surface area (Å²) in [6, 6.07) is 5.08. The van der Waals surface area contributed by atoms with Gasteiger partial charge in [0.25, 0.3) is 5.91 Å². The Morgan fingerprint density at radius 1 is 1.16 bits per heavy atom. The number of imide groups is 1. The molecule has 0 aromatic heterocycles. The first kappa shape index (κ1) is 22.7. The number of halogens is 3. The van der Waals surface area contributed by atoms with Crippen LogP contribution in [0.3, 0.4) is 0 Å². The van der Waals surface area contributed by atoms with Gasteiger partial charge >= 0.3 is 5.97 Å². The maximum Gasteiger partial charge on any atom is 0.308 e. The number of carbonyl (C=O) groups is 4. The molecule has 1 aliphatic heterocycles. The highest BCUT2D eigenvalue weighted by molar-refractivity contribution is 9.12. The van der Waals surface area contributed by atoms with Crippen molar-refractivity contribution in [1.82, 2.24) is 4.90 Å². The van der Waals surface area contributed by atoms with Crippen molar-refractivity contribution in [3.05, 3.63) is 28.8 Å². The minimum atomic E-state index is -0.644. The molecule has 3 fully saturated rings. The van der Waals surface area contributed by atoms with Gasteiger partial charge in [0.05, 0.1) is 18.3 Å². The zero-order chi connectivity index (χ0) is 22.4. The van der Waals surface area contributed by atoms with Crippen LogP contribution in [0.5, 0.6) is 0 Å². The van der Waals surface area contributed by atoms with Crippen LogP contribution in [0.4, 0.5) is 5.69 Å². The van der Waals surface area contributed by atoms with Crippen molar-refractivity contribution < 1.29 is 23.9 Å². The molecule has 3 aliphatic rings. The van der Waals surface area contributed by atoms with E-state index in [2.05, 4.69) is 37.2 Å². The lowest BCUT2D eigenvalue weighted by Gasteiger charge is -2.28. The predicted octanol–water partition coefficient (Wildman–Crippen LogP) is 3.30. The number of benzene rings is 1. The van der Waals surface area contributed by atoms with E-state index in [1.807, 2.05) is 6.92 Å². The maximum absolute atomic E-state index is 12.8. The fourth-order valence-electron chi connectivity index (χ4n) is 4.92. The number of hydrogen-bond donors (Lipinski definition) is 1. The van der Waals surface area contributed by atoms with Crippen molar-refractivity contribution in [1.29, 1.82) is 0 Å². The first-order chi connectivity index (χ1) is 14.7. The standard InChI is InChI=1S/C21H21Br2ClN2O5/c1-9-2-3-10(6-13(9)24)25-14(27)8-31-15(28)4-5-26-20(29)16-11-7-12(17(16)21(26)30)19(23)18(11)22/h2-3,6,11-12,16-19H,4-5,7-8H2,1H3,(H,25,27)/t11-,12-,16-,17-,18+,19+/m1/s1. The van der Waals surface area contributed by atoms with Gasteiger partial charge in [0.2, 0.25) is 11.8 Å². The van der Waals surface area contributed by atoms with E-state index in [4.69, 9.17) is 16.3 Å². The summed E-state index contributed by atoms with van der Waals surface area (Å²) in [4.78, 5) is 51.2. The van der Waals surface area contributed by atoms with Crippen molar-refractivity contribution in [2.75, 3.05) is 18.5 Å². The van der Waals surface area contributed by atoms with Crippen LogP contribution >= 0.6 is 43.5 Å². The number of nitrogens with one attached hydrogen (secondary N) is 1. The Morgan fingerprint density at radius 2 is 1.77 bits per heavy atom. The van der Waals surface area contributed by atoms with Crippen molar-refractivity contribution >= 4 is 72.8 Å². The molecule has 10 heteroatoms. The number of aryl methyl sites for hydroxylation is 1. The summed E-state index contributed by atoms with van der Waals surface area (Å²) in [5.41, 5.74) is 1.38. The van der Waals surface area contributed by atoms with E-state index < -0.39 is 18.5 Å². The minimum Gasteiger partial charge on any atom is -0.456 e. The van der Waals surface area contributed by atoms with Crippen LogP contribution in [0.15, 0.2) is 18.2 Å². The van der Waals surface area contributed by atoms with E-state index in [1.165, 1.54) is 4.90 Å². The van der Waals surface area contributed by atoms with Crippen LogP contribution in [0.2, 0.25) is 5.02 Å². The third-order valence-electron chi connectivity index (χ3n) is 6.44. The van der Waals surface area contributed by atoms with Gasteiger partial charge in [-0.3, -0.25) is 24.1 Å². The second kappa shape index (κ2) is 8.83. The molecule has 1 aromatic rings. The van der Waals surface area contributed by atoms with Crippen LogP contribution < -0.4 is 5.32 Å². The Balaban J connectivity index is 1.26. The predicted molar refractivity (Wildman–Crippen MR) is 121 cm³/mol. The number of amides is 3. The Labute approximate surface area is 201 Å². The fraction of sp³-hybridized carbons (Fsp3) is 0.524. The second-order valence-corrected chi connectivity index (χ2v) is 10.8. The highest BCUT2D eigenvalue weighted by Gasteiger charge is 2.66. The molecule has 1 heterocycles. The lowest BCUT2D eigenvalue weighted by Crippen LogP contribution is -2.37. The molecule has 2 bridgehead atoms. The Morgan fingerprint density at radius 3 is 2.35 bits per heavy atom. The average Bonchev–Trinajstić information content (AvgIpc) is 3.33. The topological polar surface area (TPSA) is 92.8 Å². The van der Waals surface area contributed by atoms with Crippen molar-refractivity contribution in [2.24, 2.45) is 23.7 Å². The van der Waals surface area contributed by atoms with Gasteiger partial charge in [-0.1, -0.05) is 49.5 Å². The van der Waals surface area contributed by atoms with Gasteiger partial charge in [-0.25, -0.2) is 0 Å². The molecule has 7 nitrogen and oxygen atoms in total. The smallest absolute Gasteiger partial charge is 0.308 e. The van der Waals surface area contributed by atoms with E-state index in [9.17, 15) is 19.2 Å². The maximum atomic E-state index is 12.8. The number of rotatable bonds is 6. The van der Waals surface area contributed by atoms with Crippen LogP contribution in [0, 0.1) is 30.6 Å². The first-order valence-corrected chi connectivity index (χ1v) is 12.2. The number of ether oxygens (including phenoxy) is 1. The SMILES string of the molecule is Cc1ccc(NC(=O)COC(=O)CCN2C(=O)[C@@H]3[C@H]4C[C@@H]([C@H](Br)[C@H]4Br)[C@H]3C2=O)cc1Cl. The number of anilines is 1. The molecule has 3 amide bonds. The van der Waals surface area contributed by atoms with Crippen molar-refractivity contribution in [3.63, 3.8) is 0 Å². The minimum absolute atomic E-state index is 0.0297. The molecule has 4 rings (SSSR count). The fourth-order valence-corrected chi connectivity index (χ4v) is 6.97. The highest BCUT2D eigenvalue weighted by Crippen LogP contribution is 2.60. The molecule has 0 unspecified atom stereocenters. The van der Waals surface area contributed by atoms with Gasteiger partial charge in [0.15, 0.2) is 6.61 Å². The normalized spacial score (nSPS) is 31.2. The molecule has 0 radical (unpaired) electrons. The van der Waals surface area contributed by atoms with E-state index in [0.717, 1.165) is 12.0 Å². The van der Waals surface area contributed by atoms with Gasteiger partial charge < -0.3 is 10.1 Å². The molecular weight excluding hydrogens is 556 g/mol. The number of alkyl halides is 2. The largest absolute Gasteiger partial charge is 0.456 e. The molecule has 2 saturated carbocycles. The Hall–Kier alpha value is -1.45. The second-order valence-electron chi connectivity index (χ2n) is 8.25. The van der Waals surface area contributed by atoms with Gasteiger partial charge in [-0.05, 0) is 42.9 Å². The molecular formula is C21H21Br2ClN2O5. The molecule has 31 heavy (non-hydrogen) atoms. The van der Waals surface area contributed by atoms with E-state index >= 15 is 0 Å². The molecule has 166 valence electrons. The van der Waals surface area contributed by atoms with E-state index in [1.54, 1.807) is 18.2 Å². The van der Waals surface area contributed by atoms with Gasteiger partial charge in [0, 0.05) is 26.9 Å². The first-order valence-electron chi connectivity index (χ1n) is 10.0. The third-order valence-corrected chi connectivity index (χ3v) is 10.1. The summed E-state index contributed by atoms with van der Waals surface area (Å²) in [5, 5.41) is 3.12. The molecule has 1 aromatic carbocycles. The third kappa shape index (κ3) is 4.16. The summed E-state index contributed by atoms with van der Waals surface area (Å²) in [7, 11) is 0. The molecule has 6 atom stereocenters. The highest BCUT2D eigenvalue weighted by atomic mass is 79.9. The van der Waals surface area contributed by atoms with Gasteiger partial charge in [-0.15, -0.1) is 0 Å². The van der Waals surface area contributed by atoms with Gasteiger partial charge in [0.1, 0.15) is 0 Å². The number of fused-ring (bicyclic) bond motifs is 5. The number of carbonyl (C=O) groups excluding carboxylic acids is 4. The lowest BCUT2D eigenvalue weighted by molar-refractivity contribution is -0.149. The van der Waals surface area contributed by atoms with E-state index in [-0.39, 0.29) is 58.1 Å². The van der Waals surface area contributed by atoms with Crippen LogP contribution in [0.25, 0.3) is 0 Å². The zero-order valence-electron chi connectivity index (χ0n) is 16.6. The quantitative estimate of drug-likeness (QED) is 0.319. The van der Waals surface area contributed by atoms with Crippen LogP contribution in [-0.4, -0.2) is 51.4 Å². The molecule has 2 aliphatic carbocycles. The van der Waals surface area contributed by atoms with E-state index in [0.29, 0.717) is 10.7 Å². The summed E-state index contributed by atoms with van der Waals surface area (Å²) in [6.45, 7) is 1.36. The summed E-state index contributed by atoms with van der Waals surface area (Å²) in [6.07, 6.45) is 0.710. The number of likely N-dealkylation sites (tertiary alicyclic amines) is 1. The molecule has 1 N–H and O–H groups in total. The van der Waals surface area contributed by atoms with Gasteiger partial charge in [-0.2, -0.15) is 0 Å². The van der Waals surface area contributed by atoms with Crippen LogP contribution in [0.1, 0.15) is 18.4 Å². The Kier molecular flexibility index (Phi) is 6.47. The summed E-state index contributed by atoms with van der Waals surface area (Å²) in [5.74, 6) is -1.90. The lowest BCUT2D eigenvalue weighted by atomic mass is 9.81. The summed E-state index contributed by atoms with van der Waals surface area (Å²) >= 11 is 13.3. The number of esters is 1. The zero-order valence-corrected chi connectivity index (χ0v) is 20.6. The molecule has 1 saturated heterocycles.